The van der Waals surface area contributed by atoms with Crippen molar-refractivity contribution < 1.29 is 0 Å². The van der Waals surface area contributed by atoms with Gasteiger partial charge in [-0.15, -0.1) is 0 Å². The van der Waals surface area contributed by atoms with Crippen molar-refractivity contribution in [2.75, 3.05) is 26.2 Å². The monoisotopic (exact) mass is 305 g/mol. The largest absolute Gasteiger partial charge is 0.300 e. The first kappa shape index (κ1) is 15.3. The van der Waals surface area contributed by atoms with Gasteiger partial charge in [-0.05, 0) is 75.7 Å². The maximum absolute atomic E-state index is 4.38. The van der Waals surface area contributed by atoms with Gasteiger partial charge in [0.1, 0.15) is 0 Å². The van der Waals surface area contributed by atoms with Crippen LogP contribution in [0.25, 0.3) is 0 Å². The topological polar surface area (TPSA) is 19.4 Å². The molecule has 0 amide bonds. The van der Waals surface area contributed by atoms with E-state index in [1.807, 2.05) is 24.2 Å². The van der Waals surface area contributed by atoms with Gasteiger partial charge in [0.05, 0.1) is 5.69 Å². The summed E-state index contributed by atoms with van der Waals surface area (Å²) in [6.45, 7) is 9.55. The lowest BCUT2D eigenvalue weighted by molar-refractivity contribution is 0.103. The predicted molar refractivity (Wildman–Crippen MR) is 89.4 cm³/mol. The van der Waals surface area contributed by atoms with Crippen molar-refractivity contribution in [3.8, 4) is 0 Å². The van der Waals surface area contributed by atoms with E-state index in [9.17, 15) is 0 Å². The van der Waals surface area contributed by atoms with Crippen molar-refractivity contribution in [3.05, 3.63) is 24.0 Å². The SMILES string of the molecule is Cc1ncccc1SN1CCC(N2CCC(C)CC2)CC1. The van der Waals surface area contributed by atoms with E-state index in [0.717, 1.165) is 17.7 Å². The molecule has 2 aliphatic rings. The van der Waals surface area contributed by atoms with Crippen LogP contribution in [0.2, 0.25) is 0 Å². The maximum atomic E-state index is 4.38. The summed E-state index contributed by atoms with van der Waals surface area (Å²) in [6, 6.07) is 5.05. The molecule has 1 aromatic rings. The van der Waals surface area contributed by atoms with E-state index in [1.54, 1.807) is 0 Å². The third-order valence-electron chi connectivity index (χ3n) is 4.94. The molecule has 0 atom stereocenters. The lowest BCUT2D eigenvalue weighted by atomic mass is 9.95. The van der Waals surface area contributed by atoms with Gasteiger partial charge in [-0.2, -0.15) is 0 Å². The Bertz CT molecular complexity index is 449. The van der Waals surface area contributed by atoms with Crippen LogP contribution in [0.5, 0.6) is 0 Å². The Morgan fingerprint density at radius 3 is 2.48 bits per heavy atom. The minimum Gasteiger partial charge on any atom is -0.300 e. The molecule has 116 valence electrons. The van der Waals surface area contributed by atoms with E-state index < -0.39 is 0 Å². The van der Waals surface area contributed by atoms with Gasteiger partial charge >= 0.3 is 0 Å². The van der Waals surface area contributed by atoms with Crippen molar-refractivity contribution in [1.29, 1.82) is 0 Å². The molecule has 0 saturated carbocycles. The molecule has 0 bridgehead atoms. The number of aryl methyl sites for hydroxylation is 1. The van der Waals surface area contributed by atoms with Gasteiger partial charge in [0.15, 0.2) is 0 Å². The van der Waals surface area contributed by atoms with Crippen molar-refractivity contribution >= 4 is 11.9 Å². The second-order valence-corrected chi connectivity index (χ2v) is 7.70. The predicted octanol–water partition coefficient (Wildman–Crippen LogP) is 3.59. The zero-order valence-electron chi connectivity index (χ0n) is 13.3. The molecule has 3 heterocycles. The number of hydrogen-bond donors (Lipinski definition) is 0. The molecule has 3 rings (SSSR count). The molecule has 0 unspecified atom stereocenters. The normalized spacial score (nSPS) is 23.5. The average molecular weight is 305 g/mol. The highest BCUT2D eigenvalue weighted by Crippen LogP contribution is 2.30. The number of pyridine rings is 1. The van der Waals surface area contributed by atoms with Crippen LogP contribution in [0.1, 0.15) is 38.3 Å². The highest BCUT2D eigenvalue weighted by atomic mass is 32.2. The fourth-order valence-corrected chi connectivity index (χ4v) is 4.39. The van der Waals surface area contributed by atoms with Gasteiger partial charge in [-0.3, -0.25) is 4.98 Å². The van der Waals surface area contributed by atoms with E-state index in [0.29, 0.717) is 0 Å². The first-order valence-electron chi connectivity index (χ1n) is 8.31. The zero-order valence-corrected chi connectivity index (χ0v) is 14.1. The smallest absolute Gasteiger partial charge is 0.0521 e. The van der Waals surface area contributed by atoms with Gasteiger partial charge in [-0.1, -0.05) is 6.92 Å². The van der Waals surface area contributed by atoms with Crippen LogP contribution in [-0.4, -0.2) is 46.4 Å². The molecule has 0 N–H and O–H groups in total. The van der Waals surface area contributed by atoms with Gasteiger partial charge in [0.2, 0.25) is 0 Å². The second kappa shape index (κ2) is 7.12. The fourth-order valence-electron chi connectivity index (χ4n) is 3.40. The third kappa shape index (κ3) is 3.99. The molecular weight excluding hydrogens is 278 g/mol. The van der Waals surface area contributed by atoms with Crippen LogP contribution in [0.3, 0.4) is 0 Å². The van der Waals surface area contributed by atoms with Crippen LogP contribution >= 0.6 is 11.9 Å². The molecule has 21 heavy (non-hydrogen) atoms. The standard InChI is InChI=1S/C17H27N3S/c1-14-5-10-19(11-6-14)16-7-12-20(13-8-16)21-17-4-3-9-18-15(17)2/h3-4,9,14,16H,5-8,10-13H2,1-2H3. The third-order valence-corrected chi connectivity index (χ3v) is 6.20. The van der Waals surface area contributed by atoms with E-state index in [1.165, 1.54) is 56.8 Å². The summed E-state index contributed by atoms with van der Waals surface area (Å²) >= 11 is 1.89. The zero-order chi connectivity index (χ0) is 14.7. The van der Waals surface area contributed by atoms with Gasteiger partial charge in [0, 0.05) is 30.2 Å². The highest BCUT2D eigenvalue weighted by Gasteiger charge is 2.27. The Morgan fingerprint density at radius 2 is 1.81 bits per heavy atom. The molecule has 2 fully saturated rings. The van der Waals surface area contributed by atoms with Crippen molar-refractivity contribution in [2.24, 2.45) is 5.92 Å². The van der Waals surface area contributed by atoms with Gasteiger partial charge < -0.3 is 4.90 Å². The molecule has 0 aromatic carbocycles. The Balaban J connectivity index is 1.48. The molecule has 2 saturated heterocycles. The second-order valence-electron chi connectivity index (χ2n) is 6.56. The first-order valence-corrected chi connectivity index (χ1v) is 9.08. The molecule has 2 aliphatic heterocycles. The van der Waals surface area contributed by atoms with E-state index in [2.05, 4.69) is 34.1 Å². The van der Waals surface area contributed by atoms with Gasteiger partial charge in [0.25, 0.3) is 0 Å². The molecule has 0 aliphatic carbocycles. The molecule has 3 nitrogen and oxygen atoms in total. The minimum atomic E-state index is 0.823. The number of piperidine rings is 2. The van der Waals surface area contributed by atoms with Gasteiger partial charge in [-0.25, -0.2) is 4.31 Å². The Morgan fingerprint density at radius 1 is 1.10 bits per heavy atom. The fraction of sp³-hybridized carbons (Fsp3) is 0.706. The quantitative estimate of drug-likeness (QED) is 0.795. The van der Waals surface area contributed by atoms with Crippen LogP contribution in [0, 0.1) is 12.8 Å². The van der Waals surface area contributed by atoms with Crippen LogP contribution in [-0.2, 0) is 0 Å². The molecule has 1 aromatic heterocycles. The van der Waals surface area contributed by atoms with Crippen molar-refractivity contribution in [2.45, 2.75) is 50.5 Å². The van der Waals surface area contributed by atoms with Crippen LogP contribution in [0.15, 0.2) is 23.2 Å². The van der Waals surface area contributed by atoms with Crippen molar-refractivity contribution in [3.63, 3.8) is 0 Å². The summed E-state index contributed by atoms with van der Waals surface area (Å²) in [5.74, 6) is 0.936. The summed E-state index contributed by atoms with van der Waals surface area (Å²) in [5, 5.41) is 0. The Hall–Kier alpha value is -0.580. The maximum Gasteiger partial charge on any atom is 0.0521 e. The summed E-state index contributed by atoms with van der Waals surface area (Å²) in [5.41, 5.74) is 1.15. The highest BCUT2D eigenvalue weighted by molar-refractivity contribution is 7.97. The summed E-state index contributed by atoms with van der Waals surface area (Å²) < 4.78 is 2.52. The molecular formula is C17H27N3S. The van der Waals surface area contributed by atoms with E-state index in [4.69, 9.17) is 0 Å². The lowest BCUT2D eigenvalue weighted by Gasteiger charge is -2.41. The lowest BCUT2D eigenvalue weighted by Crippen LogP contribution is -2.46. The number of hydrogen-bond acceptors (Lipinski definition) is 4. The van der Waals surface area contributed by atoms with Crippen LogP contribution < -0.4 is 0 Å². The number of rotatable bonds is 3. The number of likely N-dealkylation sites (tertiary alicyclic amines) is 1. The summed E-state index contributed by atoms with van der Waals surface area (Å²) in [6.07, 6.45) is 7.30. The number of aromatic nitrogens is 1. The first-order chi connectivity index (χ1) is 10.2. The van der Waals surface area contributed by atoms with E-state index >= 15 is 0 Å². The summed E-state index contributed by atoms with van der Waals surface area (Å²) in [7, 11) is 0. The summed E-state index contributed by atoms with van der Waals surface area (Å²) in [4.78, 5) is 8.44. The van der Waals surface area contributed by atoms with Crippen molar-refractivity contribution in [1.82, 2.24) is 14.2 Å². The van der Waals surface area contributed by atoms with E-state index in [-0.39, 0.29) is 0 Å². The average Bonchev–Trinajstić information content (AvgIpc) is 2.51. The minimum absolute atomic E-state index is 0.823. The number of nitrogens with zero attached hydrogens (tertiary/aromatic N) is 3. The Labute approximate surface area is 133 Å². The van der Waals surface area contributed by atoms with Crippen LogP contribution in [0.4, 0.5) is 0 Å². The molecule has 0 radical (unpaired) electrons. The molecule has 4 heteroatoms. The molecule has 0 spiro atoms. The Kier molecular flexibility index (Phi) is 5.19.